The molecule has 1 rings (SSSR count). The van der Waals surface area contributed by atoms with Gasteiger partial charge >= 0.3 is 0 Å². The van der Waals surface area contributed by atoms with Crippen molar-refractivity contribution in [3.63, 3.8) is 0 Å². The minimum Gasteiger partial charge on any atom is -0.378 e. The molecule has 1 aliphatic heterocycles. The summed E-state index contributed by atoms with van der Waals surface area (Å²) in [4.78, 5) is 2.56. The standard InChI is InChI=1S/C12H26N2O/c1-3-5-6-13-7-8-14-9-10-15-11-12(14)4-2/h12-13H,3-11H2,1-2H3. The topological polar surface area (TPSA) is 24.5 Å². The molecular weight excluding hydrogens is 188 g/mol. The third-order valence-electron chi connectivity index (χ3n) is 3.10. The lowest BCUT2D eigenvalue weighted by molar-refractivity contribution is -0.00781. The van der Waals surface area contributed by atoms with Crippen LogP contribution in [-0.2, 0) is 4.74 Å². The summed E-state index contributed by atoms with van der Waals surface area (Å²) < 4.78 is 5.49. The number of hydrogen-bond donors (Lipinski definition) is 1. The second-order valence-electron chi connectivity index (χ2n) is 4.28. The Hall–Kier alpha value is -0.120. The number of hydrogen-bond acceptors (Lipinski definition) is 3. The fourth-order valence-corrected chi connectivity index (χ4v) is 2.01. The largest absolute Gasteiger partial charge is 0.378 e. The summed E-state index contributed by atoms with van der Waals surface area (Å²) in [5, 5.41) is 3.50. The molecule has 1 saturated heterocycles. The van der Waals surface area contributed by atoms with Crippen molar-refractivity contribution in [2.24, 2.45) is 0 Å². The van der Waals surface area contributed by atoms with Crippen LogP contribution in [0.1, 0.15) is 33.1 Å². The first kappa shape index (κ1) is 12.9. The van der Waals surface area contributed by atoms with Crippen LogP contribution in [0.5, 0.6) is 0 Å². The van der Waals surface area contributed by atoms with Gasteiger partial charge in [-0.05, 0) is 19.4 Å². The highest BCUT2D eigenvalue weighted by molar-refractivity contribution is 4.74. The van der Waals surface area contributed by atoms with Gasteiger partial charge in [0.2, 0.25) is 0 Å². The van der Waals surface area contributed by atoms with Crippen molar-refractivity contribution in [1.29, 1.82) is 0 Å². The maximum atomic E-state index is 5.49. The third-order valence-corrected chi connectivity index (χ3v) is 3.10. The number of rotatable bonds is 7. The fourth-order valence-electron chi connectivity index (χ4n) is 2.01. The molecule has 0 spiro atoms. The zero-order chi connectivity index (χ0) is 10.9. The minimum atomic E-state index is 0.645. The Morgan fingerprint density at radius 2 is 2.20 bits per heavy atom. The molecule has 1 fully saturated rings. The molecule has 1 unspecified atom stereocenters. The molecule has 0 radical (unpaired) electrons. The van der Waals surface area contributed by atoms with Crippen molar-refractivity contribution >= 4 is 0 Å². The van der Waals surface area contributed by atoms with Crippen LogP contribution >= 0.6 is 0 Å². The summed E-state index contributed by atoms with van der Waals surface area (Å²) in [5.41, 5.74) is 0. The van der Waals surface area contributed by atoms with Gasteiger partial charge in [0.1, 0.15) is 0 Å². The van der Waals surface area contributed by atoms with Gasteiger partial charge in [0.25, 0.3) is 0 Å². The van der Waals surface area contributed by atoms with E-state index in [-0.39, 0.29) is 0 Å². The number of ether oxygens (including phenoxy) is 1. The number of unbranched alkanes of at least 4 members (excludes halogenated alkanes) is 1. The van der Waals surface area contributed by atoms with E-state index in [2.05, 4.69) is 24.1 Å². The van der Waals surface area contributed by atoms with Crippen LogP contribution in [0.2, 0.25) is 0 Å². The Labute approximate surface area is 94.2 Å². The van der Waals surface area contributed by atoms with Crippen molar-refractivity contribution < 1.29 is 4.74 Å². The lowest BCUT2D eigenvalue weighted by Gasteiger charge is -2.35. The number of morpholine rings is 1. The average Bonchev–Trinajstić information content (AvgIpc) is 2.29. The van der Waals surface area contributed by atoms with Crippen molar-refractivity contribution in [2.45, 2.75) is 39.2 Å². The zero-order valence-corrected chi connectivity index (χ0v) is 10.3. The number of nitrogens with one attached hydrogen (secondary N) is 1. The van der Waals surface area contributed by atoms with E-state index < -0.39 is 0 Å². The maximum Gasteiger partial charge on any atom is 0.0622 e. The van der Waals surface area contributed by atoms with Gasteiger partial charge in [0.15, 0.2) is 0 Å². The van der Waals surface area contributed by atoms with E-state index in [1.54, 1.807) is 0 Å². The summed E-state index contributed by atoms with van der Waals surface area (Å²) in [6.07, 6.45) is 3.78. The van der Waals surface area contributed by atoms with Crippen molar-refractivity contribution in [3.05, 3.63) is 0 Å². The first-order chi connectivity index (χ1) is 7.38. The predicted molar refractivity (Wildman–Crippen MR) is 64.2 cm³/mol. The Morgan fingerprint density at radius 3 is 2.93 bits per heavy atom. The molecule has 1 atom stereocenters. The fraction of sp³-hybridized carbons (Fsp3) is 1.00. The van der Waals surface area contributed by atoms with Crippen LogP contribution in [0, 0.1) is 0 Å². The third kappa shape index (κ3) is 4.96. The normalized spacial score (nSPS) is 23.2. The lowest BCUT2D eigenvalue weighted by Crippen LogP contribution is -2.47. The Bertz CT molecular complexity index is 153. The predicted octanol–water partition coefficient (Wildman–Crippen LogP) is 1.49. The van der Waals surface area contributed by atoms with Crippen LogP contribution in [0.3, 0.4) is 0 Å². The minimum absolute atomic E-state index is 0.645. The molecule has 15 heavy (non-hydrogen) atoms. The summed E-state index contributed by atoms with van der Waals surface area (Å²) in [6, 6.07) is 0.645. The van der Waals surface area contributed by atoms with E-state index in [9.17, 15) is 0 Å². The molecule has 0 aliphatic carbocycles. The monoisotopic (exact) mass is 214 g/mol. The smallest absolute Gasteiger partial charge is 0.0622 e. The van der Waals surface area contributed by atoms with Crippen LogP contribution in [-0.4, -0.2) is 50.3 Å². The highest BCUT2D eigenvalue weighted by atomic mass is 16.5. The molecule has 0 saturated carbocycles. The zero-order valence-electron chi connectivity index (χ0n) is 10.3. The van der Waals surface area contributed by atoms with E-state index in [0.717, 1.165) is 32.8 Å². The molecule has 3 nitrogen and oxygen atoms in total. The Kier molecular flexibility index (Phi) is 6.98. The average molecular weight is 214 g/mol. The first-order valence-corrected chi connectivity index (χ1v) is 6.41. The molecule has 3 heteroatoms. The van der Waals surface area contributed by atoms with Crippen molar-refractivity contribution in [1.82, 2.24) is 10.2 Å². The molecule has 1 heterocycles. The van der Waals surface area contributed by atoms with Crippen LogP contribution in [0.25, 0.3) is 0 Å². The van der Waals surface area contributed by atoms with Gasteiger partial charge in [-0.25, -0.2) is 0 Å². The molecule has 0 bridgehead atoms. The molecule has 90 valence electrons. The molecule has 0 aromatic rings. The van der Waals surface area contributed by atoms with Crippen LogP contribution < -0.4 is 5.32 Å². The molecular formula is C12H26N2O. The van der Waals surface area contributed by atoms with Gasteiger partial charge in [-0.2, -0.15) is 0 Å². The van der Waals surface area contributed by atoms with E-state index in [0.29, 0.717) is 6.04 Å². The van der Waals surface area contributed by atoms with Gasteiger partial charge in [-0.15, -0.1) is 0 Å². The SMILES string of the molecule is CCCCNCCN1CCOCC1CC. The van der Waals surface area contributed by atoms with Gasteiger partial charge in [-0.3, -0.25) is 4.90 Å². The van der Waals surface area contributed by atoms with Gasteiger partial charge < -0.3 is 10.1 Å². The van der Waals surface area contributed by atoms with Crippen molar-refractivity contribution in [2.75, 3.05) is 39.4 Å². The Morgan fingerprint density at radius 1 is 1.33 bits per heavy atom. The lowest BCUT2D eigenvalue weighted by atomic mass is 10.2. The highest BCUT2D eigenvalue weighted by Crippen LogP contribution is 2.08. The van der Waals surface area contributed by atoms with E-state index in [1.165, 1.54) is 25.8 Å². The number of nitrogens with zero attached hydrogens (tertiary/aromatic N) is 1. The second-order valence-corrected chi connectivity index (χ2v) is 4.28. The molecule has 1 N–H and O–H groups in total. The second kappa shape index (κ2) is 8.08. The molecule has 0 aromatic heterocycles. The van der Waals surface area contributed by atoms with Gasteiger partial charge in [-0.1, -0.05) is 20.3 Å². The molecule has 1 aliphatic rings. The van der Waals surface area contributed by atoms with E-state index >= 15 is 0 Å². The first-order valence-electron chi connectivity index (χ1n) is 6.41. The van der Waals surface area contributed by atoms with E-state index in [4.69, 9.17) is 4.74 Å². The maximum absolute atomic E-state index is 5.49. The summed E-state index contributed by atoms with van der Waals surface area (Å²) in [5.74, 6) is 0. The highest BCUT2D eigenvalue weighted by Gasteiger charge is 2.20. The quantitative estimate of drug-likeness (QED) is 0.650. The summed E-state index contributed by atoms with van der Waals surface area (Å²) in [7, 11) is 0. The van der Waals surface area contributed by atoms with E-state index in [1.807, 2.05) is 0 Å². The summed E-state index contributed by atoms with van der Waals surface area (Å²) in [6.45, 7) is 10.9. The van der Waals surface area contributed by atoms with Crippen molar-refractivity contribution in [3.8, 4) is 0 Å². The summed E-state index contributed by atoms with van der Waals surface area (Å²) >= 11 is 0. The van der Waals surface area contributed by atoms with Crippen LogP contribution in [0.4, 0.5) is 0 Å². The van der Waals surface area contributed by atoms with Gasteiger partial charge in [0.05, 0.1) is 13.2 Å². The van der Waals surface area contributed by atoms with Gasteiger partial charge in [0, 0.05) is 25.7 Å². The Balaban J connectivity index is 2.07. The van der Waals surface area contributed by atoms with Crippen LogP contribution in [0.15, 0.2) is 0 Å². The molecule has 0 aromatic carbocycles. The molecule has 0 amide bonds.